The molecule has 4 rings (SSSR count). The Morgan fingerprint density at radius 1 is 1.19 bits per heavy atom. The van der Waals surface area contributed by atoms with Crippen LogP contribution in [0, 0.1) is 5.92 Å². The van der Waals surface area contributed by atoms with Crippen molar-refractivity contribution in [1.29, 1.82) is 0 Å². The Balaban J connectivity index is 1.39. The Kier molecular flexibility index (Phi) is 4.25. The SMILES string of the molecule is CNC(=O)C1CC(=O)N(C2CN(C(=O)c3ccn(C)c3C3CCC3)C2)C1. The van der Waals surface area contributed by atoms with Crippen LogP contribution in [0.4, 0.5) is 0 Å². The van der Waals surface area contributed by atoms with Crippen molar-refractivity contribution >= 4 is 17.7 Å². The Bertz CT molecular complexity index is 746. The molecule has 2 aliphatic heterocycles. The summed E-state index contributed by atoms with van der Waals surface area (Å²) in [7, 11) is 3.60. The van der Waals surface area contributed by atoms with Crippen molar-refractivity contribution in [3.05, 3.63) is 23.5 Å². The van der Waals surface area contributed by atoms with Gasteiger partial charge in [-0.15, -0.1) is 0 Å². The molecule has 1 aliphatic carbocycles. The summed E-state index contributed by atoms with van der Waals surface area (Å²) in [5.74, 6) is 0.238. The molecule has 26 heavy (non-hydrogen) atoms. The normalized spacial score (nSPS) is 23.8. The molecular weight excluding hydrogens is 332 g/mol. The van der Waals surface area contributed by atoms with Gasteiger partial charge in [-0.2, -0.15) is 0 Å². The number of aromatic nitrogens is 1. The van der Waals surface area contributed by atoms with Gasteiger partial charge in [0.15, 0.2) is 0 Å². The van der Waals surface area contributed by atoms with Gasteiger partial charge in [-0.3, -0.25) is 14.4 Å². The third-order valence-corrected chi connectivity index (χ3v) is 6.21. The van der Waals surface area contributed by atoms with Crippen LogP contribution >= 0.6 is 0 Å². The number of hydrogen-bond donors (Lipinski definition) is 1. The lowest BCUT2D eigenvalue weighted by Gasteiger charge is -2.44. The number of amides is 3. The molecule has 7 heteroatoms. The second-order valence-electron chi connectivity index (χ2n) is 7.78. The summed E-state index contributed by atoms with van der Waals surface area (Å²) in [6.45, 7) is 1.58. The van der Waals surface area contributed by atoms with E-state index < -0.39 is 0 Å². The Labute approximate surface area is 153 Å². The minimum absolute atomic E-state index is 0.0190. The lowest BCUT2D eigenvalue weighted by molar-refractivity contribution is -0.132. The summed E-state index contributed by atoms with van der Waals surface area (Å²) in [6.07, 6.45) is 5.79. The average Bonchev–Trinajstić information content (AvgIpc) is 3.08. The second kappa shape index (κ2) is 6.45. The minimum atomic E-state index is -0.267. The molecule has 1 atom stereocenters. The molecule has 0 spiro atoms. The number of aryl methyl sites for hydroxylation is 1. The van der Waals surface area contributed by atoms with Gasteiger partial charge in [-0.1, -0.05) is 6.42 Å². The highest BCUT2D eigenvalue weighted by atomic mass is 16.2. The monoisotopic (exact) mass is 358 g/mol. The largest absolute Gasteiger partial charge is 0.359 e. The smallest absolute Gasteiger partial charge is 0.255 e. The predicted molar refractivity (Wildman–Crippen MR) is 95.6 cm³/mol. The van der Waals surface area contributed by atoms with Gasteiger partial charge < -0.3 is 19.7 Å². The van der Waals surface area contributed by atoms with Crippen molar-refractivity contribution in [3.63, 3.8) is 0 Å². The first-order chi connectivity index (χ1) is 12.5. The topological polar surface area (TPSA) is 74.7 Å². The van der Waals surface area contributed by atoms with Crippen LogP contribution in [0.2, 0.25) is 0 Å². The fourth-order valence-corrected chi connectivity index (χ4v) is 4.37. The van der Waals surface area contributed by atoms with Gasteiger partial charge in [-0.25, -0.2) is 0 Å². The number of nitrogens with zero attached hydrogens (tertiary/aromatic N) is 3. The number of carbonyl (C=O) groups is 3. The van der Waals surface area contributed by atoms with Gasteiger partial charge in [0.05, 0.1) is 17.5 Å². The van der Waals surface area contributed by atoms with Gasteiger partial charge in [0.2, 0.25) is 11.8 Å². The molecule has 2 saturated heterocycles. The van der Waals surface area contributed by atoms with Crippen molar-refractivity contribution in [2.45, 2.75) is 37.6 Å². The highest BCUT2D eigenvalue weighted by molar-refractivity contribution is 5.96. The Morgan fingerprint density at radius 2 is 1.92 bits per heavy atom. The van der Waals surface area contributed by atoms with Crippen molar-refractivity contribution < 1.29 is 14.4 Å². The van der Waals surface area contributed by atoms with Gasteiger partial charge in [0, 0.05) is 52.0 Å². The third-order valence-electron chi connectivity index (χ3n) is 6.21. The zero-order chi connectivity index (χ0) is 18.4. The van der Waals surface area contributed by atoms with Crippen LogP contribution < -0.4 is 5.32 Å². The molecule has 1 aromatic rings. The van der Waals surface area contributed by atoms with Crippen LogP contribution in [0.15, 0.2) is 12.3 Å². The average molecular weight is 358 g/mol. The zero-order valence-corrected chi connectivity index (χ0v) is 15.4. The molecule has 7 nitrogen and oxygen atoms in total. The quantitative estimate of drug-likeness (QED) is 0.861. The van der Waals surface area contributed by atoms with Crippen LogP contribution in [0.3, 0.4) is 0 Å². The van der Waals surface area contributed by atoms with Crippen LogP contribution in [0.1, 0.15) is 47.7 Å². The maximum atomic E-state index is 12.9. The Hall–Kier alpha value is -2.31. The van der Waals surface area contributed by atoms with Crippen molar-refractivity contribution in [2.24, 2.45) is 13.0 Å². The number of nitrogens with one attached hydrogen (secondary N) is 1. The molecule has 0 bridgehead atoms. The summed E-state index contributed by atoms with van der Waals surface area (Å²) >= 11 is 0. The summed E-state index contributed by atoms with van der Waals surface area (Å²) in [5, 5.41) is 2.62. The van der Waals surface area contributed by atoms with Gasteiger partial charge >= 0.3 is 0 Å². The molecule has 1 saturated carbocycles. The van der Waals surface area contributed by atoms with Crippen LogP contribution in [-0.4, -0.2) is 64.8 Å². The number of hydrogen-bond acceptors (Lipinski definition) is 3. The molecule has 1 N–H and O–H groups in total. The van der Waals surface area contributed by atoms with E-state index >= 15 is 0 Å². The molecule has 3 amide bonds. The van der Waals surface area contributed by atoms with E-state index in [1.165, 1.54) is 6.42 Å². The fourth-order valence-electron chi connectivity index (χ4n) is 4.37. The van der Waals surface area contributed by atoms with Gasteiger partial charge in [-0.05, 0) is 24.8 Å². The molecule has 1 aromatic heterocycles. The number of rotatable bonds is 4. The van der Waals surface area contributed by atoms with E-state index in [0.29, 0.717) is 25.6 Å². The number of carbonyl (C=O) groups excluding carboxylic acids is 3. The molecule has 3 aliphatic rings. The molecular formula is C19H26N4O3. The van der Waals surface area contributed by atoms with E-state index in [-0.39, 0.29) is 36.1 Å². The van der Waals surface area contributed by atoms with Crippen molar-refractivity contribution in [2.75, 3.05) is 26.7 Å². The predicted octanol–water partition coefficient (Wildman–Crippen LogP) is 0.712. The molecule has 140 valence electrons. The maximum Gasteiger partial charge on any atom is 0.255 e. The minimum Gasteiger partial charge on any atom is -0.359 e. The number of likely N-dealkylation sites (tertiary alicyclic amines) is 2. The first-order valence-electron chi connectivity index (χ1n) is 9.45. The summed E-state index contributed by atoms with van der Waals surface area (Å²) in [5.41, 5.74) is 1.97. The van der Waals surface area contributed by atoms with Gasteiger partial charge in [0.1, 0.15) is 0 Å². The third kappa shape index (κ3) is 2.70. The van der Waals surface area contributed by atoms with Crippen molar-refractivity contribution in [1.82, 2.24) is 19.7 Å². The van der Waals surface area contributed by atoms with Crippen LogP contribution in [-0.2, 0) is 16.6 Å². The highest BCUT2D eigenvalue weighted by Gasteiger charge is 2.44. The summed E-state index contributed by atoms with van der Waals surface area (Å²) in [4.78, 5) is 40.5. The van der Waals surface area contributed by atoms with E-state index in [4.69, 9.17) is 0 Å². The lowest BCUT2D eigenvalue weighted by atomic mass is 9.81. The van der Waals surface area contributed by atoms with Gasteiger partial charge in [0.25, 0.3) is 5.91 Å². The van der Waals surface area contributed by atoms with E-state index in [1.807, 2.05) is 24.2 Å². The van der Waals surface area contributed by atoms with Crippen LogP contribution in [0.25, 0.3) is 0 Å². The fraction of sp³-hybridized carbons (Fsp3) is 0.632. The highest BCUT2D eigenvalue weighted by Crippen LogP contribution is 2.39. The first kappa shape index (κ1) is 17.1. The second-order valence-corrected chi connectivity index (χ2v) is 7.78. The zero-order valence-electron chi connectivity index (χ0n) is 15.4. The molecule has 0 aromatic carbocycles. The Morgan fingerprint density at radius 3 is 2.54 bits per heavy atom. The molecule has 0 radical (unpaired) electrons. The lowest BCUT2D eigenvalue weighted by Crippen LogP contribution is -2.61. The van der Waals surface area contributed by atoms with E-state index in [2.05, 4.69) is 9.88 Å². The molecule has 3 heterocycles. The maximum absolute atomic E-state index is 12.9. The first-order valence-corrected chi connectivity index (χ1v) is 9.45. The standard InChI is InChI=1S/C19H26N4O3/c1-20-18(25)13-8-16(24)23(9-13)14-10-22(11-14)19(26)15-6-7-21(2)17(15)12-4-3-5-12/h6-7,12-14H,3-5,8-11H2,1-2H3,(H,20,25). The molecule has 1 unspecified atom stereocenters. The molecule has 3 fully saturated rings. The van der Waals surface area contributed by atoms with Crippen molar-refractivity contribution in [3.8, 4) is 0 Å². The van der Waals surface area contributed by atoms with E-state index in [9.17, 15) is 14.4 Å². The summed E-state index contributed by atoms with van der Waals surface area (Å²) < 4.78 is 2.08. The summed E-state index contributed by atoms with van der Waals surface area (Å²) in [6, 6.07) is 1.96. The van der Waals surface area contributed by atoms with E-state index in [1.54, 1.807) is 11.9 Å². The van der Waals surface area contributed by atoms with Crippen LogP contribution in [0.5, 0.6) is 0 Å². The van der Waals surface area contributed by atoms with E-state index in [0.717, 1.165) is 24.1 Å².